The van der Waals surface area contributed by atoms with Crippen molar-refractivity contribution in [2.24, 2.45) is 5.10 Å². The van der Waals surface area contributed by atoms with Crippen LogP contribution in [0.15, 0.2) is 82.5 Å². The molecule has 0 saturated heterocycles. The number of benzene rings is 2. The SMILES string of the molecule is O=C(N/N=C\c1ccc(OC(=O)c2ccco2)cc1)c1ccccc1. The molecule has 0 radical (unpaired) electrons. The molecule has 6 nitrogen and oxygen atoms in total. The van der Waals surface area contributed by atoms with Crippen molar-refractivity contribution in [2.75, 3.05) is 0 Å². The van der Waals surface area contributed by atoms with Gasteiger partial charge in [-0.2, -0.15) is 5.10 Å². The van der Waals surface area contributed by atoms with Crippen molar-refractivity contribution in [3.05, 3.63) is 89.9 Å². The summed E-state index contributed by atoms with van der Waals surface area (Å²) in [7, 11) is 0. The van der Waals surface area contributed by atoms with Gasteiger partial charge in [0.25, 0.3) is 5.91 Å². The maximum Gasteiger partial charge on any atom is 0.379 e. The maximum absolute atomic E-state index is 11.8. The number of hydrogen-bond acceptors (Lipinski definition) is 5. The van der Waals surface area contributed by atoms with Gasteiger partial charge in [-0.15, -0.1) is 0 Å². The Bertz CT molecular complexity index is 870. The summed E-state index contributed by atoms with van der Waals surface area (Å²) in [6.07, 6.45) is 2.90. The van der Waals surface area contributed by atoms with Crippen LogP contribution in [0.1, 0.15) is 26.5 Å². The second-order valence-corrected chi connectivity index (χ2v) is 5.00. The minimum Gasteiger partial charge on any atom is -0.457 e. The summed E-state index contributed by atoms with van der Waals surface area (Å²) >= 11 is 0. The van der Waals surface area contributed by atoms with Crippen LogP contribution in [-0.2, 0) is 0 Å². The Labute approximate surface area is 143 Å². The van der Waals surface area contributed by atoms with Gasteiger partial charge in [-0.25, -0.2) is 10.2 Å². The van der Waals surface area contributed by atoms with Crippen LogP contribution < -0.4 is 10.2 Å². The van der Waals surface area contributed by atoms with Crippen molar-refractivity contribution >= 4 is 18.1 Å². The molecule has 0 unspecified atom stereocenters. The summed E-state index contributed by atoms with van der Waals surface area (Å²) < 4.78 is 10.1. The largest absolute Gasteiger partial charge is 0.457 e. The summed E-state index contributed by atoms with van der Waals surface area (Å²) in [5.74, 6) is -0.344. The van der Waals surface area contributed by atoms with E-state index in [9.17, 15) is 9.59 Å². The molecule has 1 aromatic heterocycles. The lowest BCUT2D eigenvalue weighted by Crippen LogP contribution is -2.17. The maximum atomic E-state index is 11.8. The lowest BCUT2D eigenvalue weighted by atomic mass is 10.2. The van der Waals surface area contributed by atoms with Crippen molar-refractivity contribution in [3.8, 4) is 5.75 Å². The van der Waals surface area contributed by atoms with Crippen LogP contribution >= 0.6 is 0 Å². The molecule has 0 aliphatic heterocycles. The summed E-state index contributed by atoms with van der Waals surface area (Å²) in [4.78, 5) is 23.6. The van der Waals surface area contributed by atoms with E-state index in [1.165, 1.54) is 18.5 Å². The highest BCUT2D eigenvalue weighted by atomic mass is 16.5. The number of furan rings is 1. The summed E-state index contributed by atoms with van der Waals surface area (Å²) in [6, 6.07) is 18.6. The molecule has 0 spiro atoms. The van der Waals surface area contributed by atoms with Crippen LogP contribution in [-0.4, -0.2) is 18.1 Å². The number of hydrogen-bond donors (Lipinski definition) is 1. The molecule has 0 atom stereocenters. The van der Waals surface area contributed by atoms with Crippen LogP contribution in [0.3, 0.4) is 0 Å². The van der Waals surface area contributed by atoms with Crippen LogP contribution in [0.4, 0.5) is 0 Å². The Morgan fingerprint density at radius 3 is 2.40 bits per heavy atom. The molecule has 1 amide bonds. The Kier molecular flexibility index (Phi) is 5.01. The Balaban J connectivity index is 1.55. The van der Waals surface area contributed by atoms with E-state index in [0.29, 0.717) is 11.3 Å². The number of carbonyl (C=O) groups is 2. The number of amides is 1. The first-order valence-corrected chi connectivity index (χ1v) is 7.46. The van der Waals surface area contributed by atoms with Gasteiger partial charge in [0.2, 0.25) is 5.76 Å². The van der Waals surface area contributed by atoms with Gasteiger partial charge in [-0.3, -0.25) is 4.79 Å². The highest BCUT2D eigenvalue weighted by Gasteiger charge is 2.10. The fourth-order valence-corrected chi connectivity index (χ4v) is 1.99. The van der Waals surface area contributed by atoms with Gasteiger partial charge < -0.3 is 9.15 Å². The minimum atomic E-state index is -0.568. The Hall–Kier alpha value is -3.67. The molecule has 0 aliphatic carbocycles. The van der Waals surface area contributed by atoms with E-state index in [0.717, 1.165) is 5.56 Å². The predicted molar refractivity (Wildman–Crippen MR) is 91.6 cm³/mol. The van der Waals surface area contributed by atoms with Crippen molar-refractivity contribution in [2.45, 2.75) is 0 Å². The average Bonchev–Trinajstić information content (AvgIpc) is 3.19. The molecular formula is C19H14N2O4. The molecule has 2 aromatic carbocycles. The zero-order valence-electron chi connectivity index (χ0n) is 13.1. The number of nitrogens with zero attached hydrogens (tertiary/aromatic N) is 1. The van der Waals surface area contributed by atoms with E-state index in [1.54, 1.807) is 54.6 Å². The summed E-state index contributed by atoms with van der Waals surface area (Å²) in [5.41, 5.74) is 3.71. The molecule has 3 aromatic rings. The zero-order valence-corrected chi connectivity index (χ0v) is 13.1. The Morgan fingerprint density at radius 1 is 0.960 bits per heavy atom. The summed E-state index contributed by atoms with van der Waals surface area (Å²) in [5, 5.41) is 3.90. The predicted octanol–water partition coefficient (Wildman–Crippen LogP) is 3.26. The van der Waals surface area contributed by atoms with Crippen molar-refractivity contribution < 1.29 is 18.7 Å². The second kappa shape index (κ2) is 7.74. The molecule has 3 rings (SSSR count). The van der Waals surface area contributed by atoms with Gasteiger partial charge in [-0.1, -0.05) is 18.2 Å². The zero-order chi connectivity index (χ0) is 17.5. The van der Waals surface area contributed by atoms with Gasteiger partial charge in [0, 0.05) is 5.56 Å². The third kappa shape index (κ3) is 4.42. The highest BCUT2D eigenvalue weighted by molar-refractivity contribution is 5.94. The van der Waals surface area contributed by atoms with E-state index >= 15 is 0 Å². The normalized spacial score (nSPS) is 10.6. The van der Waals surface area contributed by atoms with Crippen molar-refractivity contribution in [1.82, 2.24) is 5.43 Å². The lowest BCUT2D eigenvalue weighted by Gasteiger charge is -2.02. The molecule has 6 heteroatoms. The van der Waals surface area contributed by atoms with Crippen LogP contribution in [0.25, 0.3) is 0 Å². The van der Waals surface area contributed by atoms with E-state index in [1.807, 2.05) is 6.07 Å². The van der Waals surface area contributed by atoms with Gasteiger partial charge in [0.05, 0.1) is 12.5 Å². The quantitative estimate of drug-likeness (QED) is 0.336. The third-order valence-electron chi connectivity index (χ3n) is 3.23. The van der Waals surface area contributed by atoms with Crippen LogP contribution in [0.2, 0.25) is 0 Å². The molecule has 1 N–H and O–H groups in total. The number of carbonyl (C=O) groups excluding carboxylic acids is 2. The van der Waals surface area contributed by atoms with Gasteiger partial charge in [0.15, 0.2) is 0 Å². The van der Waals surface area contributed by atoms with Crippen molar-refractivity contribution in [3.63, 3.8) is 0 Å². The van der Waals surface area contributed by atoms with Gasteiger partial charge >= 0.3 is 5.97 Å². The van der Waals surface area contributed by atoms with Crippen LogP contribution in [0, 0.1) is 0 Å². The molecule has 0 bridgehead atoms. The lowest BCUT2D eigenvalue weighted by molar-refractivity contribution is 0.0701. The van der Waals surface area contributed by atoms with Crippen LogP contribution in [0.5, 0.6) is 5.75 Å². The van der Waals surface area contributed by atoms with E-state index in [-0.39, 0.29) is 11.7 Å². The summed E-state index contributed by atoms with van der Waals surface area (Å²) in [6.45, 7) is 0. The van der Waals surface area contributed by atoms with E-state index in [2.05, 4.69) is 10.5 Å². The van der Waals surface area contributed by atoms with E-state index in [4.69, 9.17) is 9.15 Å². The minimum absolute atomic E-state index is 0.134. The standard InChI is InChI=1S/C19H14N2O4/c22-18(15-5-2-1-3-6-15)21-20-13-14-8-10-16(11-9-14)25-19(23)17-7-4-12-24-17/h1-13H,(H,21,22)/b20-13-. The van der Waals surface area contributed by atoms with E-state index < -0.39 is 5.97 Å². The monoisotopic (exact) mass is 334 g/mol. The number of ether oxygens (including phenoxy) is 1. The van der Waals surface area contributed by atoms with Gasteiger partial charge in [-0.05, 0) is 54.1 Å². The highest BCUT2D eigenvalue weighted by Crippen LogP contribution is 2.13. The Morgan fingerprint density at radius 2 is 1.72 bits per heavy atom. The first-order valence-electron chi connectivity index (χ1n) is 7.46. The fraction of sp³-hybridized carbons (Fsp3) is 0. The fourth-order valence-electron chi connectivity index (χ4n) is 1.99. The number of esters is 1. The smallest absolute Gasteiger partial charge is 0.379 e. The molecular weight excluding hydrogens is 320 g/mol. The molecule has 0 aliphatic rings. The van der Waals surface area contributed by atoms with Crippen molar-refractivity contribution in [1.29, 1.82) is 0 Å². The van der Waals surface area contributed by atoms with Gasteiger partial charge in [0.1, 0.15) is 5.75 Å². The second-order valence-electron chi connectivity index (χ2n) is 5.00. The molecule has 0 saturated carbocycles. The number of nitrogens with one attached hydrogen (secondary N) is 1. The topological polar surface area (TPSA) is 80.9 Å². The number of rotatable bonds is 5. The molecule has 0 fully saturated rings. The third-order valence-corrected chi connectivity index (χ3v) is 3.23. The number of hydrazone groups is 1. The molecule has 124 valence electrons. The first kappa shape index (κ1) is 16.2. The first-order chi connectivity index (χ1) is 12.2. The molecule has 1 heterocycles. The molecule has 25 heavy (non-hydrogen) atoms. The average molecular weight is 334 g/mol.